The van der Waals surface area contributed by atoms with Gasteiger partial charge in [0.1, 0.15) is 11.6 Å². The molecule has 0 heterocycles. The monoisotopic (exact) mass is 270 g/mol. The topological polar surface area (TPSA) is 20.2 Å². The molecule has 5 heteroatoms. The van der Waals surface area contributed by atoms with E-state index in [-0.39, 0.29) is 15.9 Å². The van der Waals surface area contributed by atoms with E-state index in [2.05, 4.69) is 15.9 Å². The highest BCUT2D eigenvalue weighted by atomic mass is 79.9. The molecule has 1 unspecified atom stereocenters. The summed E-state index contributed by atoms with van der Waals surface area (Å²) in [5, 5.41) is 9.01. The molecule has 1 atom stereocenters. The maximum atomic E-state index is 13.0. The van der Waals surface area contributed by atoms with Gasteiger partial charge in [0.25, 0.3) is 0 Å². The molecule has 0 saturated carbocycles. The molecule has 0 aliphatic heterocycles. The highest BCUT2D eigenvalue weighted by Gasteiger charge is 2.18. The Labute approximate surface area is 87.5 Å². The van der Waals surface area contributed by atoms with Gasteiger partial charge in [-0.2, -0.15) is 0 Å². The van der Waals surface area contributed by atoms with Gasteiger partial charge in [0.15, 0.2) is 0 Å². The minimum absolute atomic E-state index is 0.104. The van der Waals surface area contributed by atoms with Crippen molar-refractivity contribution in [1.29, 1.82) is 0 Å². The summed E-state index contributed by atoms with van der Waals surface area (Å²) in [6.45, 7) is 0. The van der Waals surface area contributed by atoms with Crippen LogP contribution in [0.2, 0.25) is 5.02 Å². The standard InChI is InChI=1S/C8H6BrClF2O/c9-3-6(13)7-4(11)1-2-5(12)8(7)10/h1-2,6,13H,3H2. The molecule has 0 fully saturated rings. The Kier molecular flexibility index (Phi) is 3.64. The number of rotatable bonds is 2. The third kappa shape index (κ3) is 2.18. The van der Waals surface area contributed by atoms with E-state index in [1.54, 1.807) is 0 Å². The van der Waals surface area contributed by atoms with Crippen molar-refractivity contribution in [1.82, 2.24) is 0 Å². The number of benzene rings is 1. The molecular weight excluding hydrogens is 265 g/mol. The fourth-order valence-corrected chi connectivity index (χ4v) is 1.53. The molecule has 0 amide bonds. The van der Waals surface area contributed by atoms with E-state index in [0.29, 0.717) is 0 Å². The molecule has 0 radical (unpaired) electrons. The summed E-state index contributed by atoms with van der Waals surface area (Å²) in [5.41, 5.74) is -0.210. The molecule has 1 nitrogen and oxygen atoms in total. The minimum Gasteiger partial charge on any atom is -0.387 e. The molecule has 0 aliphatic carbocycles. The summed E-state index contributed by atoms with van der Waals surface area (Å²) in [7, 11) is 0. The maximum absolute atomic E-state index is 13.0. The molecule has 72 valence electrons. The summed E-state index contributed by atoms with van der Waals surface area (Å²) in [6.07, 6.45) is -1.14. The zero-order valence-corrected chi connectivity index (χ0v) is 8.74. The summed E-state index contributed by atoms with van der Waals surface area (Å²) in [6, 6.07) is 1.85. The van der Waals surface area contributed by atoms with Gasteiger partial charge < -0.3 is 5.11 Å². The Morgan fingerprint density at radius 1 is 1.38 bits per heavy atom. The predicted octanol–water partition coefficient (Wildman–Crippen LogP) is 3.05. The molecule has 0 saturated heterocycles. The van der Waals surface area contributed by atoms with Crippen LogP contribution in [0, 0.1) is 11.6 Å². The quantitative estimate of drug-likeness (QED) is 0.647. The molecule has 1 aromatic rings. The smallest absolute Gasteiger partial charge is 0.142 e. The maximum Gasteiger partial charge on any atom is 0.142 e. The van der Waals surface area contributed by atoms with Gasteiger partial charge in [-0.05, 0) is 12.1 Å². The first-order valence-electron chi connectivity index (χ1n) is 3.45. The Hall–Kier alpha value is -0.190. The van der Waals surface area contributed by atoms with E-state index in [1.165, 1.54) is 0 Å². The molecule has 1 aromatic carbocycles. The van der Waals surface area contributed by atoms with Crippen LogP contribution in [0.15, 0.2) is 12.1 Å². The third-order valence-electron chi connectivity index (χ3n) is 1.56. The van der Waals surface area contributed by atoms with Crippen LogP contribution in [0.3, 0.4) is 0 Å². The molecule has 1 rings (SSSR count). The van der Waals surface area contributed by atoms with E-state index in [4.69, 9.17) is 11.6 Å². The highest BCUT2D eigenvalue weighted by molar-refractivity contribution is 9.09. The van der Waals surface area contributed by atoms with Gasteiger partial charge in [-0.25, -0.2) is 8.78 Å². The Balaban J connectivity index is 3.25. The zero-order chi connectivity index (χ0) is 10.0. The lowest BCUT2D eigenvalue weighted by Crippen LogP contribution is -2.04. The lowest BCUT2D eigenvalue weighted by Gasteiger charge is -2.10. The van der Waals surface area contributed by atoms with Gasteiger partial charge in [0.2, 0.25) is 0 Å². The number of hydrogen-bond acceptors (Lipinski definition) is 1. The largest absolute Gasteiger partial charge is 0.387 e. The highest BCUT2D eigenvalue weighted by Crippen LogP contribution is 2.29. The minimum atomic E-state index is -1.14. The van der Waals surface area contributed by atoms with Crippen LogP contribution in [0.4, 0.5) is 8.78 Å². The van der Waals surface area contributed by atoms with E-state index in [1.807, 2.05) is 0 Å². The number of halogens is 4. The van der Waals surface area contributed by atoms with Crippen LogP contribution >= 0.6 is 27.5 Å². The van der Waals surface area contributed by atoms with Gasteiger partial charge in [-0.1, -0.05) is 27.5 Å². The van der Waals surface area contributed by atoms with Crippen LogP contribution in [0.25, 0.3) is 0 Å². The number of aliphatic hydroxyl groups is 1. The molecule has 0 bridgehead atoms. The second-order valence-corrected chi connectivity index (χ2v) is 3.45. The van der Waals surface area contributed by atoms with E-state index in [0.717, 1.165) is 12.1 Å². The van der Waals surface area contributed by atoms with Gasteiger partial charge in [-0.15, -0.1) is 0 Å². The molecule has 0 spiro atoms. The van der Waals surface area contributed by atoms with Crippen molar-refractivity contribution in [2.75, 3.05) is 5.33 Å². The molecule has 0 aliphatic rings. The lowest BCUT2D eigenvalue weighted by molar-refractivity contribution is 0.200. The van der Waals surface area contributed by atoms with Gasteiger partial charge in [0.05, 0.1) is 11.1 Å². The normalized spacial score (nSPS) is 13.0. The number of aliphatic hydroxyl groups excluding tert-OH is 1. The van der Waals surface area contributed by atoms with Crippen molar-refractivity contribution in [3.63, 3.8) is 0 Å². The second-order valence-electron chi connectivity index (χ2n) is 2.43. The average Bonchev–Trinajstić information content (AvgIpc) is 2.12. The van der Waals surface area contributed by atoms with Crippen molar-refractivity contribution in [3.8, 4) is 0 Å². The van der Waals surface area contributed by atoms with E-state index in [9.17, 15) is 13.9 Å². The van der Waals surface area contributed by atoms with Crippen molar-refractivity contribution in [2.24, 2.45) is 0 Å². The van der Waals surface area contributed by atoms with Crippen molar-refractivity contribution < 1.29 is 13.9 Å². The Bertz CT molecular complexity index is 319. The average molecular weight is 271 g/mol. The van der Waals surface area contributed by atoms with Crippen molar-refractivity contribution in [2.45, 2.75) is 6.10 Å². The van der Waals surface area contributed by atoms with E-state index < -0.39 is 17.7 Å². The fourth-order valence-electron chi connectivity index (χ4n) is 0.925. The zero-order valence-electron chi connectivity index (χ0n) is 6.40. The van der Waals surface area contributed by atoms with Crippen LogP contribution in [-0.4, -0.2) is 10.4 Å². The van der Waals surface area contributed by atoms with E-state index >= 15 is 0 Å². The van der Waals surface area contributed by atoms with Crippen LogP contribution in [-0.2, 0) is 0 Å². The first kappa shape index (κ1) is 10.9. The lowest BCUT2D eigenvalue weighted by atomic mass is 10.1. The number of hydrogen-bond donors (Lipinski definition) is 1. The number of alkyl halides is 1. The van der Waals surface area contributed by atoms with Crippen molar-refractivity contribution in [3.05, 3.63) is 34.4 Å². The van der Waals surface area contributed by atoms with Gasteiger partial charge >= 0.3 is 0 Å². The fraction of sp³-hybridized carbons (Fsp3) is 0.250. The molecule has 13 heavy (non-hydrogen) atoms. The Morgan fingerprint density at radius 3 is 2.46 bits per heavy atom. The molecule has 0 aromatic heterocycles. The molecule has 1 N–H and O–H groups in total. The molecular formula is C8H6BrClF2O. The predicted molar refractivity (Wildman–Crippen MR) is 50.1 cm³/mol. The summed E-state index contributed by atoms with van der Waals surface area (Å²) in [5.74, 6) is -1.45. The first-order chi connectivity index (χ1) is 6.07. The van der Waals surface area contributed by atoms with Crippen molar-refractivity contribution >= 4 is 27.5 Å². The first-order valence-corrected chi connectivity index (χ1v) is 4.95. The summed E-state index contributed by atoms with van der Waals surface area (Å²) >= 11 is 8.42. The van der Waals surface area contributed by atoms with Crippen LogP contribution < -0.4 is 0 Å². The second kappa shape index (κ2) is 4.35. The van der Waals surface area contributed by atoms with Crippen LogP contribution in [0.1, 0.15) is 11.7 Å². The summed E-state index contributed by atoms with van der Waals surface area (Å²) < 4.78 is 25.9. The van der Waals surface area contributed by atoms with Crippen LogP contribution in [0.5, 0.6) is 0 Å². The summed E-state index contributed by atoms with van der Waals surface area (Å²) in [4.78, 5) is 0. The third-order valence-corrected chi connectivity index (χ3v) is 2.56. The SMILES string of the molecule is OC(CBr)c1c(F)ccc(F)c1Cl. The Morgan fingerprint density at radius 2 is 1.92 bits per heavy atom. The van der Waals surface area contributed by atoms with Gasteiger partial charge in [0, 0.05) is 10.9 Å². The van der Waals surface area contributed by atoms with Gasteiger partial charge in [-0.3, -0.25) is 0 Å².